The Morgan fingerprint density at radius 2 is 2.06 bits per heavy atom. The van der Waals surface area contributed by atoms with Crippen molar-refractivity contribution in [1.82, 2.24) is 20.2 Å². The second-order valence-corrected chi connectivity index (χ2v) is 4.98. The molecule has 2 aliphatic heterocycles. The number of aromatic nitrogens is 2. The molecule has 3 rings (SSSR count). The lowest BCUT2D eigenvalue weighted by molar-refractivity contribution is -0.133. The Bertz CT molecular complexity index is 440. The van der Waals surface area contributed by atoms with Crippen molar-refractivity contribution in [3.8, 4) is 0 Å². The van der Waals surface area contributed by atoms with Gasteiger partial charge in [0, 0.05) is 31.4 Å². The average molecular weight is 246 g/mol. The first-order chi connectivity index (χ1) is 8.86. The Morgan fingerprint density at radius 3 is 2.83 bits per heavy atom. The van der Waals surface area contributed by atoms with Crippen molar-refractivity contribution in [3.05, 3.63) is 23.8 Å². The fraction of sp³-hybridized carbons (Fsp3) is 0.615. The molecule has 1 amide bonds. The highest BCUT2D eigenvalue weighted by Crippen LogP contribution is 2.25. The molecule has 1 saturated heterocycles. The molecule has 5 nitrogen and oxygen atoms in total. The van der Waals surface area contributed by atoms with Gasteiger partial charge in [-0.05, 0) is 12.8 Å². The van der Waals surface area contributed by atoms with Crippen molar-refractivity contribution in [2.75, 3.05) is 13.1 Å². The van der Waals surface area contributed by atoms with E-state index in [4.69, 9.17) is 0 Å². The molecule has 2 aliphatic rings. The van der Waals surface area contributed by atoms with Gasteiger partial charge in [0.25, 0.3) is 0 Å². The molecule has 5 heteroatoms. The van der Waals surface area contributed by atoms with E-state index in [1.54, 1.807) is 12.5 Å². The molecule has 3 heterocycles. The zero-order valence-corrected chi connectivity index (χ0v) is 10.4. The van der Waals surface area contributed by atoms with E-state index >= 15 is 0 Å². The van der Waals surface area contributed by atoms with E-state index in [1.165, 1.54) is 12.8 Å². The number of likely N-dealkylation sites (tertiary alicyclic amines) is 1. The monoisotopic (exact) mass is 246 g/mol. The van der Waals surface area contributed by atoms with Crippen LogP contribution in [0.2, 0.25) is 0 Å². The second-order valence-electron chi connectivity index (χ2n) is 4.98. The summed E-state index contributed by atoms with van der Waals surface area (Å²) in [5.74, 6) is 0.186. The Kier molecular flexibility index (Phi) is 3.23. The lowest BCUT2D eigenvalue weighted by Crippen LogP contribution is -2.39. The number of amides is 1. The van der Waals surface area contributed by atoms with Gasteiger partial charge in [-0.2, -0.15) is 0 Å². The van der Waals surface area contributed by atoms with Crippen LogP contribution in [-0.4, -0.2) is 33.9 Å². The SMILES string of the molecule is O=C(C1NCc2ncncc21)N1CCCCCC1. The van der Waals surface area contributed by atoms with Crippen molar-refractivity contribution in [2.24, 2.45) is 0 Å². The highest BCUT2D eigenvalue weighted by atomic mass is 16.2. The minimum atomic E-state index is -0.237. The molecule has 0 aromatic carbocycles. The van der Waals surface area contributed by atoms with E-state index in [9.17, 15) is 4.79 Å². The molecular weight excluding hydrogens is 228 g/mol. The minimum Gasteiger partial charge on any atom is -0.341 e. The summed E-state index contributed by atoms with van der Waals surface area (Å²) in [5, 5.41) is 3.25. The van der Waals surface area contributed by atoms with Gasteiger partial charge in [-0.1, -0.05) is 12.8 Å². The summed E-state index contributed by atoms with van der Waals surface area (Å²) in [5.41, 5.74) is 1.91. The van der Waals surface area contributed by atoms with E-state index in [0.29, 0.717) is 6.54 Å². The third-order valence-corrected chi connectivity index (χ3v) is 3.78. The number of fused-ring (bicyclic) bond motifs is 1. The summed E-state index contributed by atoms with van der Waals surface area (Å²) in [6.07, 6.45) is 8.03. The van der Waals surface area contributed by atoms with Gasteiger partial charge in [-0.15, -0.1) is 0 Å². The largest absolute Gasteiger partial charge is 0.341 e. The van der Waals surface area contributed by atoms with Gasteiger partial charge in [-0.25, -0.2) is 9.97 Å². The molecule has 18 heavy (non-hydrogen) atoms. The zero-order chi connectivity index (χ0) is 12.4. The molecule has 1 N–H and O–H groups in total. The van der Waals surface area contributed by atoms with Crippen molar-refractivity contribution in [1.29, 1.82) is 0 Å². The van der Waals surface area contributed by atoms with Crippen LogP contribution >= 0.6 is 0 Å². The first-order valence-electron chi connectivity index (χ1n) is 6.67. The molecule has 0 bridgehead atoms. The van der Waals surface area contributed by atoms with Crippen LogP contribution in [0, 0.1) is 0 Å². The minimum absolute atomic E-state index is 0.186. The van der Waals surface area contributed by atoms with Crippen LogP contribution in [0.25, 0.3) is 0 Å². The Balaban J connectivity index is 1.77. The summed E-state index contributed by atoms with van der Waals surface area (Å²) in [6.45, 7) is 2.45. The van der Waals surface area contributed by atoms with Crippen molar-refractivity contribution >= 4 is 5.91 Å². The molecule has 1 aromatic rings. The molecular formula is C13H18N4O. The molecule has 1 unspecified atom stereocenters. The van der Waals surface area contributed by atoms with Crippen LogP contribution in [0.5, 0.6) is 0 Å². The molecule has 96 valence electrons. The topological polar surface area (TPSA) is 58.1 Å². The van der Waals surface area contributed by atoms with Gasteiger partial charge in [0.05, 0.1) is 5.69 Å². The number of carbonyl (C=O) groups is 1. The van der Waals surface area contributed by atoms with Crippen LogP contribution in [-0.2, 0) is 11.3 Å². The van der Waals surface area contributed by atoms with Gasteiger partial charge in [0.2, 0.25) is 5.91 Å². The molecule has 1 atom stereocenters. The quantitative estimate of drug-likeness (QED) is 0.804. The second kappa shape index (κ2) is 5.02. The molecule has 0 aliphatic carbocycles. The Labute approximate surface area is 107 Å². The summed E-state index contributed by atoms with van der Waals surface area (Å²) < 4.78 is 0. The van der Waals surface area contributed by atoms with Crippen molar-refractivity contribution in [2.45, 2.75) is 38.3 Å². The van der Waals surface area contributed by atoms with Crippen LogP contribution in [0.1, 0.15) is 43.0 Å². The lowest BCUT2D eigenvalue weighted by Gasteiger charge is -2.24. The van der Waals surface area contributed by atoms with Crippen molar-refractivity contribution < 1.29 is 4.79 Å². The van der Waals surface area contributed by atoms with Gasteiger partial charge >= 0.3 is 0 Å². The van der Waals surface area contributed by atoms with E-state index < -0.39 is 0 Å². The maximum Gasteiger partial charge on any atom is 0.244 e. The van der Waals surface area contributed by atoms with Crippen LogP contribution < -0.4 is 5.32 Å². The average Bonchev–Trinajstić information content (AvgIpc) is 2.65. The molecule has 1 aromatic heterocycles. The number of nitrogens with zero attached hydrogens (tertiary/aromatic N) is 3. The van der Waals surface area contributed by atoms with Crippen molar-refractivity contribution in [3.63, 3.8) is 0 Å². The van der Waals surface area contributed by atoms with Gasteiger partial charge in [0.1, 0.15) is 12.4 Å². The molecule has 0 radical (unpaired) electrons. The number of hydrogen-bond acceptors (Lipinski definition) is 4. The predicted molar refractivity (Wildman–Crippen MR) is 66.7 cm³/mol. The fourth-order valence-corrected chi connectivity index (χ4v) is 2.76. The van der Waals surface area contributed by atoms with Crippen LogP contribution in [0.3, 0.4) is 0 Å². The standard InChI is InChI=1S/C13H18N4O/c18-13(17-5-3-1-2-4-6-17)12-10-7-14-9-16-11(10)8-15-12/h7,9,12,15H,1-6,8H2. The first-order valence-corrected chi connectivity index (χ1v) is 6.67. The highest BCUT2D eigenvalue weighted by molar-refractivity contribution is 5.84. The van der Waals surface area contributed by atoms with Gasteiger partial charge in [-0.3, -0.25) is 10.1 Å². The third-order valence-electron chi connectivity index (χ3n) is 3.78. The maximum absolute atomic E-state index is 12.5. The lowest BCUT2D eigenvalue weighted by atomic mass is 10.1. The fourth-order valence-electron chi connectivity index (χ4n) is 2.76. The molecule has 0 saturated carbocycles. The van der Waals surface area contributed by atoms with E-state index in [0.717, 1.165) is 37.2 Å². The Hall–Kier alpha value is -1.49. The molecule has 1 fully saturated rings. The summed E-state index contributed by atoms with van der Waals surface area (Å²) in [7, 11) is 0. The maximum atomic E-state index is 12.5. The van der Waals surface area contributed by atoms with Crippen LogP contribution in [0.4, 0.5) is 0 Å². The third kappa shape index (κ3) is 2.10. The number of carbonyl (C=O) groups excluding carboxylic acids is 1. The summed E-state index contributed by atoms with van der Waals surface area (Å²) >= 11 is 0. The smallest absolute Gasteiger partial charge is 0.244 e. The summed E-state index contributed by atoms with van der Waals surface area (Å²) in [6, 6.07) is -0.237. The predicted octanol–water partition coefficient (Wildman–Crippen LogP) is 1.02. The first kappa shape index (κ1) is 11.6. The zero-order valence-electron chi connectivity index (χ0n) is 10.4. The summed E-state index contributed by atoms with van der Waals surface area (Å²) in [4.78, 5) is 22.8. The van der Waals surface area contributed by atoms with Gasteiger partial charge < -0.3 is 4.90 Å². The van der Waals surface area contributed by atoms with E-state index in [1.807, 2.05) is 4.90 Å². The van der Waals surface area contributed by atoms with E-state index in [-0.39, 0.29) is 11.9 Å². The molecule has 0 spiro atoms. The normalized spacial score (nSPS) is 23.6. The highest BCUT2D eigenvalue weighted by Gasteiger charge is 2.32. The number of hydrogen-bond donors (Lipinski definition) is 1. The van der Waals surface area contributed by atoms with E-state index in [2.05, 4.69) is 15.3 Å². The van der Waals surface area contributed by atoms with Gasteiger partial charge in [0.15, 0.2) is 0 Å². The number of nitrogens with one attached hydrogen (secondary N) is 1. The van der Waals surface area contributed by atoms with Crippen LogP contribution in [0.15, 0.2) is 12.5 Å². The number of rotatable bonds is 1. The Morgan fingerprint density at radius 1 is 1.28 bits per heavy atom.